The molecule has 1 aliphatic carbocycles. The van der Waals surface area contributed by atoms with Crippen molar-refractivity contribution in [3.05, 3.63) is 34.6 Å². The monoisotopic (exact) mass is 283 g/mol. The summed E-state index contributed by atoms with van der Waals surface area (Å²) in [6.07, 6.45) is 3.90. The second-order valence-electron chi connectivity index (χ2n) is 6.92. The number of halogens is 2. The van der Waals surface area contributed by atoms with E-state index in [0.29, 0.717) is 16.4 Å². The normalized spacial score (nSPS) is 28.4. The Labute approximate surface area is 120 Å². The molecular weight excluding hydrogens is 261 g/mol. The van der Waals surface area contributed by atoms with Crippen LogP contribution in [0.3, 0.4) is 0 Å². The summed E-state index contributed by atoms with van der Waals surface area (Å²) in [6.45, 7) is 6.82. The highest BCUT2D eigenvalue weighted by molar-refractivity contribution is 6.31. The third-order valence-electron chi connectivity index (χ3n) is 4.57. The molecule has 0 aliphatic heterocycles. The van der Waals surface area contributed by atoms with E-state index < -0.39 is 5.54 Å². The van der Waals surface area contributed by atoms with E-state index in [9.17, 15) is 4.39 Å². The summed E-state index contributed by atoms with van der Waals surface area (Å²) < 4.78 is 13.4. The van der Waals surface area contributed by atoms with E-state index in [2.05, 4.69) is 20.8 Å². The minimum Gasteiger partial charge on any atom is -0.321 e. The van der Waals surface area contributed by atoms with Gasteiger partial charge in [-0.25, -0.2) is 4.39 Å². The van der Waals surface area contributed by atoms with Gasteiger partial charge in [0.1, 0.15) is 5.82 Å². The summed E-state index contributed by atoms with van der Waals surface area (Å²) in [6, 6.07) is 4.49. The van der Waals surface area contributed by atoms with Gasteiger partial charge >= 0.3 is 0 Å². The van der Waals surface area contributed by atoms with Crippen molar-refractivity contribution in [3.8, 4) is 0 Å². The Bertz CT molecular complexity index is 456. The highest BCUT2D eigenvalue weighted by atomic mass is 35.5. The van der Waals surface area contributed by atoms with Gasteiger partial charge in [-0.3, -0.25) is 0 Å². The summed E-state index contributed by atoms with van der Waals surface area (Å²) in [4.78, 5) is 0. The Kier molecular flexibility index (Phi) is 3.95. The fourth-order valence-electron chi connectivity index (χ4n) is 3.15. The number of benzene rings is 1. The highest BCUT2D eigenvalue weighted by Gasteiger charge is 2.38. The Morgan fingerprint density at radius 1 is 1.26 bits per heavy atom. The molecule has 2 rings (SSSR count). The van der Waals surface area contributed by atoms with Crippen LogP contribution in [0, 0.1) is 17.2 Å². The molecule has 1 fully saturated rings. The van der Waals surface area contributed by atoms with Crippen molar-refractivity contribution in [1.82, 2.24) is 0 Å². The molecule has 0 bridgehead atoms. The lowest BCUT2D eigenvalue weighted by molar-refractivity contribution is 0.134. The molecule has 1 aromatic rings. The molecule has 0 aromatic heterocycles. The zero-order chi connectivity index (χ0) is 14.3. The molecule has 1 saturated carbocycles. The Morgan fingerprint density at radius 2 is 1.84 bits per heavy atom. The molecule has 0 saturated heterocycles. The molecule has 1 aliphatic rings. The van der Waals surface area contributed by atoms with Crippen molar-refractivity contribution < 1.29 is 4.39 Å². The maximum absolute atomic E-state index is 13.4. The molecule has 0 atom stereocenters. The van der Waals surface area contributed by atoms with E-state index in [-0.39, 0.29) is 5.82 Å². The van der Waals surface area contributed by atoms with E-state index in [1.165, 1.54) is 12.1 Å². The first kappa shape index (κ1) is 14.8. The van der Waals surface area contributed by atoms with Gasteiger partial charge in [0.25, 0.3) is 0 Å². The van der Waals surface area contributed by atoms with Crippen LogP contribution in [0.5, 0.6) is 0 Å². The summed E-state index contributed by atoms with van der Waals surface area (Å²) in [5, 5.41) is 0.582. The second kappa shape index (κ2) is 5.06. The fourth-order valence-corrected chi connectivity index (χ4v) is 3.45. The van der Waals surface area contributed by atoms with E-state index in [0.717, 1.165) is 31.2 Å². The highest BCUT2D eigenvalue weighted by Crippen LogP contribution is 2.45. The van der Waals surface area contributed by atoms with Crippen LogP contribution in [0.15, 0.2) is 18.2 Å². The fraction of sp³-hybridized carbons (Fsp3) is 0.625. The molecule has 1 nitrogen and oxygen atoms in total. The lowest BCUT2D eigenvalue weighted by Gasteiger charge is -2.42. The van der Waals surface area contributed by atoms with Crippen LogP contribution in [0.2, 0.25) is 5.02 Å². The van der Waals surface area contributed by atoms with E-state index in [1.54, 1.807) is 6.07 Å². The van der Waals surface area contributed by atoms with E-state index in [1.807, 2.05) is 0 Å². The molecule has 1 aromatic carbocycles. The van der Waals surface area contributed by atoms with Gasteiger partial charge < -0.3 is 5.73 Å². The van der Waals surface area contributed by atoms with Gasteiger partial charge in [-0.15, -0.1) is 0 Å². The van der Waals surface area contributed by atoms with Gasteiger partial charge in [0.2, 0.25) is 0 Å². The number of rotatable bonds is 1. The van der Waals surface area contributed by atoms with Gasteiger partial charge in [0.05, 0.1) is 0 Å². The summed E-state index contributed by atoms with van der Waals surface area (Å²) in [7, 11) is 0. The zero-order valence-electron chi connectivity index (χ0n) is 12.0. The van der Waals surface area contributed by atoms with Crippen molar-refractivity contribution in [1.29, 1.82) is 0 Å². The lowest BCUT2D eigenvalue weighted by Crippen LogP contribution is -2.42. The maximum atomic E-state index is 13.4. The largest absolute Gasteiger partial charge is 0.321 e. The summed E-state index contributed by atoms with van der Waals surface area (Å²) in [5.74, 6) is 0.415. The van der Waals surface area contributed by atoms with Crippen molar-refractivity contribution in [2.45, 2.75) is 52.0 Å². The van der Waals surface area contributed by atoms with Crippen LogP contribution < -0.4 is 5.73 Å². The Hall–Kier alpha value is -0.600. The van der Waals surface area contributed by atoms with Crippen molar-refractivity contribution in [3.63, 3.8) is 0 Å². The Balaban J connectivity index is 2.20. The van der Waals surface area contributed by atoms with Crippen LogP contribution in [0.25, 0.3) is 0 Å². The zero-order valence-corrected chi connectivity index (χ0v) is 12.7. The summed E-state index contributed by atoms with van der Waals surface area (Å²) >= 11 is 6.20. The first-order valence-electron chi connectivity index (χ1n) is 6.97. The minimum absolute atomic E-state index is 0.262. The third kappa shape index (κ3) is 3.11. The van der Waals surface area contributed by atoms with Crippen molar-refractivity contribution in [2.24, 2.45) is 17.1 Å². The molecular formula is C16H23ClFN. The number of nitrogens with two attached hydrogens (primary N) is 1. The predicted octanol–water partition coefficient (Wildman–Crippen LogP) is 4.87. The molecule has 106 valence electrons. The second-order valence-corrected chi connectivity index (χ2v) is 7.33. The molecule has 0 radical (unpaired) electrons. The summed E-state index contributed by atoms with van der Waals surface area (Å²) in [5.41, 5.74) is 7.11. The van der Waals surface area contributed by atoms with Gasteiger partial charge in [-0.2, -0.15) is 0 Å². The number of hydrogen-bond acceptors (Lipinski definition) is 1. The SMILES string of the molecule is CC(C)(C)C1CCC(N)(c2cc(F)ccc2Cl)CC1. The molecule has 0 amide bonds. The van der Waals surface area contributed by atoms with Gasteiger partial charge in [-0.1, -0.05) is 32.4 Å². The van der Waals surface area contributed by atoms with Crippen LogP contribution in [0.4, 0.5) is 4.39 Å². The average molecular weight is 284 g/mol. The molecule has 0 spiro atoms. The maximum Gasteiger partial charge on any atom is 0.123 e. The van der Waals surface area contributed by atoms with Crippen molar-refractivity contribution >= 4 is 11.6 Å². The van der Waals surface area contributed by atoms with Gasteiger partial charge in [-0.05, 0) is 60.8 Å². The third-order valence-corrected chi connectivity index (χ3v) is 4.90. The average Bonchev–Trinajstić information content (AvgIpc) is 2.31. The van der Waals surface area contributed by atoms with Crippen molar-refractivity contribution in [2.75, 3.05) is 0 Å². The number of hydrogen-bond donors (Lipinski definition) is 1. The van der Waals surface area contributed by atoms with Crippen LogP contribution in [-0.4, -0.2) is 0 Å². The van der Waals surface area contributed by atoms with Gasteiger partial charge in [0.15, 0.2) is 0 Å². The molecule has 3 heteroatoms. The van der Waals surface area contributed by atoms with Crippen LogP contribution in [-0.2, 0) is 5.54 Å². The first-order valence-corrected chi connectivity index (χ1v) is 7.34. The molecule has 2 N–H and O–H groups in total. The van der Waals surface area contributed by atoms with E-state index >= 15 is 0 Å². The smallest absolute Gasteiger partial charge is 0.123 e. The topological polar surface area (TPSA) is 26.0 Å². The van der Waals surface area contributed by atoms with E-state index in [4.69, 9.17) is 17.3 Å². The quantitative estimate of drug-likeness (QED) is 0.782. The molecule has 0 unspecified atom stereocenters. The predicted molar refractivity (Wildman–Crippen MR) is 78.7 cm³/mol. The standard InChI is InChI=1S/C16H23ClFN/c1-15(2,3)11-6-8-16(19,9-7-11)13-10-12(18)4-5-14(13)17/h4-5,10-11H,6-9,19H2,1-3H3. The van der Waals surface area contributed by atoms with Gasteiger partial charge in [0, 0.05) is 10.6 Å². The Morgan fingerprint density at radius 3 is 2.37 bits per heavy atom. The lowest BCUT2D eigenvalue weighted by atomic mass is 9.66. The minimum atomic E-state index is -0.471. The molecule has 19 heavy (non-hydrogen) atoms. The molecule has 0 heterocycles. The van der Waals surface area contributed by atoms with Crippen LogP contribution >= 0.6 is 11.6 Å². The first-order chi connectivity index (χ1) is 8.72. The van der Waals surface area contributed by atoms with Crippen LogP contribution in [0.1, 0.15) is 52.0 Å².